The number of aryl methyl sites for hydroxylation is 1. The number of nitrogens with one attached hydrogen (secondary N) is 1. The molecule has 110 valence electrons. The maximum Gasteiger partial charge on any atom is 0.124 e. The van der Waals surface area contributed by atoms with E-state index in [4.69, 9.17) is 0 Å². The predicted octanol–water partition coefficient (Wildman–Crippen LogP) is 4.45. The SMILES string of the molecule is CNC(Cc1cc(F)cc(Br)c1)C1CCc2ccccc21. The molecular weight excluding hydrogens is 329 g/mol. The van der Waals surface area contributed by atoms with Crippen LogP contribution in [0.2, 0.25) is 0 Å². The lowest BCUT2D eigenvalue weighted by Crippen LogP contribution is -2.33. The number of fused-ring (bicyclic) bond motifs is 1. The van der Waals surface area contributed by atoms with E-state index in [2.05, 4.69) is 45.5 Å². The van der Waals surface area contributed by atoms with Gasteiger partial charge in [0.1, 0.15) is 5.82 Å². The van der Waals surface area contributed by atoms with Gasteiger partial charge in [0.15, 0.2) is 0 Å². The summed E-state index contributed by atoms with van der Waals surface area (Å²) in [5, 5.41) is 3.43. The minimum Gasteiger partial charge on any atom is -0.316 e. The Morgan fingerprint density at radius 2 is 2.10 bits per heavy atom. The Bertz CT molecular complexity index is 621. The van der Waals surface area contributed by atoms with Crippen LogP contribution >= 0.6 is 15.9 Å². The van der Waals surface area contributed by atoms with Crippen molar-refractivity contribution in [3.05, 3.63) is 69.4 Å². The first-order valence-corrected chi connectivity index (χ1v) is 8.16. The van der Waals surface area contributed by atoms with Crippen LogP contribution in [0.1, 0.15) is 29.0 Å². The van der Waals surface area contributed by atoms with Crippen molar-refractivity contribution in [2.24, 2.45) is 0 Å². The number of hydrogen-bond donors (Lipinski definition) is 1. The lowest BCUT2D eigenvalue weighted by atomic mass is 9.89. The van der Waals surface area contributed by atoms with E-state index in [0.29, 0.717) is 12.0 Å². The molecule has 0 saturated carbocycles. The lowest BCUT2D eigenvalue weighted by Gasteiger charge is -2.24. The highest BCUT2D eigenvalue weighted by Crippen LogP contribution is 2.36. The molecule has 3 rings (SSSR count). The second-order valence-corrected chi connectivity index (χ2v) is 6.64. The first kappa shape index (κ1) is 14.7. The Kier molecular flexibility index (Phi) is 4.41. The van der Waals surface area contributed by atoms with Gasteiger partial charge in [0, 0.05) is 16.4 Å². The van der Waals surface area contributed by atoms with Gasteiger partial charge in [0.05, 0.1) is 0 Å². The van der Waals surface area contributed by atoms with Crippen LogP contribution in [0.4, 0.5) is 4.39 Å². The minimum atomic E-state index is -0.180. The summed E-state index contributed by atoms with van der Waals surface area (Å²) in [5.41, 5.74) is 3.95. The molecule has 0 amide bonds. The van der Waals surface area contributed by atoms with E-state index in [9.17, 15) is 4.39 Å². The van der Waals surface area contributed by atoms with Crippen molar-refractivity contribution < 1.29 is 4.39 Å². The number of rotatable bonds is 4. The third-order valence-corrected chi connectivity index (χ3v) is 4.87. The molecule has 0 fully saturated rings. The van der Waals surface area contributed by atoms with Gasteiger partial charge < -0.3 is 5.32 Å². The van der Waals surface area contributed by atoms with Gasteiger partial charge in [0.25, 0.3) is 0 Å². The van der Waals surface area contributed by atoms with Crippen molar-refractivity contribution in [2.45, 2.75) is 31.2 Å². The second kappa shape index (κ2) is 6.29. The molecule has 3 heteroatoms. The topological polar surface area (TPSA) is 12.0 Å². The van der Waals surface area contributed by atoms with Crippen molar-refractivity contribution in [1.29, 1.82) is 0 Å². The third kappa shape index (κ3) is 3.19. The van der Waals surface area contributed by atoms with Gasteiger partial charge in [-0.1, -0.05) is 40.2 Å². The minimum absolute atomic E-state index is 0.180. The quantitative estimate of drug-likeness (QED) is 0.861. The number of halogens is 2. The molecule has 1 N–H and O–H groups in total. The molecule has 0 radical (unpaired) electrons. The zero-order chi connectivity index (χ0) is 14.8. The van der Waals surface area contributed by atoms with Gasteiger partial charge in [-0.05, 0) is 61.2 Å². The Hall–Kier alpha value is -1.19. The fourth-order valence-electron chi connectivity index (χ4n) is 3.44. The van der Waals surface area contributed by atoms with Crippen molar-refractivity contribution >= 4 is 15.9 Å². The molecular formula is C18H19BrFN. The summed E-state index contributed by atoms with van der Waals surface area (Å²) < 4.78 is 14.4. The van der Waals surface area contributed by atoms with Crippen LogP contribution in [0.15, 0.2) is 46.9 Å². The van der Waals surface area contributed by atoms with Crippen LogP contribution < -0.4 is 5.32 Å². The maximum atomic E-state index is 13.5. The average Bonchev–Trinajstić information content (AvgIpc) is 2.87. The number of benzene rings is 2. The highest BCUT2D eigenvalue weighted by atomic mass is 79.9. The van der Waals surface area contributed by atoms with E-state index in [0.717, 1.165) is 22.9 Å². The molecule has 2 unspecified atom stereocenters. The molecule has 0 saturated heterocycles. The summed E-state index contributed by atoms with van der Waals surface area (Å²) in [6.07, 6.45) is 3.15. The highest BCUT2D eigenvalue weighted by molar-refractivity contribution is 9.10. The summed E-state index contributed by atoms with van der Waals surface area (Å²) >= 11 is 3.37. The third-order valence-electron chi connectivity index (χ3n) is 4.41. The molecule has 1 aliphatic carbocycles. The van der Waals surface area contributed by atoms with Crippen molar-refractivity contribution in [2.75, 3.05) is 7.05 Å². The summed E-state index contributed by atoms with van der Waals surface area (Å²) in [6, 6.07) is 14.2. The molecule has 2 aromatic rings. The fourth-order valence-corrected chi connectivity index (χ4v) is 3.95. The zero-order valence-corrected chi connectivity index (χ0v) is 13.7. The second-order valence-electron chi connectivity index (χ2n) is 5.72. The zero-order valence-electron chi connectivity index (χ0n) is 12.1. The average molecular weight is 348 g/mol. The normalized spacial score (nSPS) is 18.5. The Morgan fingerprint density at radius 3 is 2.86 bits per heavy atom. The van der Waals surface area contributed by atoms with Crippen LogP contribution in [0.3, 0.4) is 0 Å². The monoisotopic (exact) mass is 347 g/mol. The van der Waals surface area contributed by atoms with Crippen LogP contribution in [0.25, 0.3) is 0 Å². The van der Waals surface area contributed by atoms with Crippen molar-refractivity contribution in [1.82, 2.24) is 5.32 Å². The Labute approximate surface area is 133 Å². The van der Waals surface area contributed by atoms with Gasteiger partial charge >= 0.3 is 0 Å². The van der Waals surface area contributed by atoms with Gasteiger partial charge in [0.2, 0.25) is 0 Å². The molecule has 1 nitrogen and oxygen atoms in total. The predicted molar refractivity (Wildman–Crippen MR) is 88.2 cm³/mol. The molecule has 0 heterocycles. The molecule has 0 aromatic heterocycles. The molecule has 2 atom stereocenters. The van der Waals surface area contributed by atoms with Crippen LogP contribution in [-0.2, 0) is 12.8 Å². The molecule has 0 spiro atoms. The summed E-state index contributed by atoms with van der Waals surface area (Å²) in [7, 11) is 2.00. The van der Waals surface area contributed by atoms with E-state index in [1.807, 2.05) is 13.1 Å². The van der Waals surface area contributed by atoms with E-state index >= 15 is 0 Å². The Balaban J connectivity index is 1.83. The summed E-state index contributed by atoms with van der Waals surface area (Å²) in [4.78, 5) is 0. The fraction of sp³-hybridized carbons (Fsp3) is 0.333. The molecule has 0 aliphatic heterocycles. The van der Waals surface area contributed by atoms with Gasteiger partial charge in [-0.15, -0.1) is 0 Å². The van der Waals surface area contributed by atoms with Crippen molar-refractivity contribution in [3.63, 3.8) is 0 Å². The van der Waals surface area contributed by atoms with E-state index in [1.165, 1.54) is 23.6 Å². The highest BCUT2D eigenvalue weighted by Gasteiger charge is 2.28. The van der Waals surface area contributed by atoms with Crippen LogP contribution in [0, 0.1) is 5.82 Å². The standard InChI is InChI=1S/C18H19BrFN/c1-21-18(10-12-8-14(19)11-15(20)9-12)17-7-6-13-4-2-3-5-16(13)17/h2-5,8-9,11,17-18,21H,6-7,10H2,1H3. The summed E-state index contributed by atoms with van der Waals surface area (Å²) in [5.74, 6) is 0.328. The van der Waals surface area contributed by atoms with Crippen molar-refractivity contribution in [3.8, 4) is 0 Å². The maximum absolute atomic E-state index is 13.5. The molecule has 21 heavy (non-hydrogen) atoms. The lowest BCUT2D eigenvalue weighted by molar-refractivity contribution is 0.455. The first-order valence-electron chi connectivity index (χ1n) is 7.37. The van der Waals surface area contributed by atoms with Gasteiger partial charge in [-0.25, -0.2) is 4.39 Å². The largest absolute Gasteiger partial charge is 0.316 e. The van der Waals surface area contributed by atoms with E-state index in [1.54, 1.807) is 6.07 Å². The van der Waals surface area contributed by atoms with E-state index < -0.39 is 0 Å². The van der Waals surface area contributed by atoms with Crippen LogP contribution in [0.5, 0.6) is 0 Å². The Morgan fingerprint density at radius 1 is 1.29 bits per heavy atom. The smallest absolute Gasteiger partial charge is 0.124 e. The van der Waals surface area contributed by atoms with E-state index in [-0.39, 0.29) is 5.82 Å². The molecule has 1 aliphatic rings. The van der Waals surface area contributed by atoms with Gasteiger partial charge in [-0.3, -0.25) is 0 Å². The number of hydrogen-bond acceptors (Lipinski definition) is 1. The number of likely N-dealkylation sites (N-methyl/N-ethyl adjacent to an activating group) is 1. The molecule has 0 bridgehead atoms. The molecule has 2 aromatic carbocycles. The summed E-state index contributed by atoms with van der Waals surface area (Å²) in [6.45, 7) is 0. The first-order chi connectivity index (χ1) is 10.2. The van der Waals surface area contributed by atoms with Gasteiger partial charge in [-0.2, -0.15) is 0 Å². The van der Waals surface area contributed by atoms with Crippen LogP contribution in [-0.4, -0.2) is 13.1 Å².